The Balaban J connectivity index is 2.06. The van der Waals surface area contributed by atoms with E-state index in [0.29, 0.717) is 11.3 Å². The Labute approximate surface area is 112 Å². The van der Waals surface area contributed by atoms with Crippen molar-refractivity contribution in [2.75, 3.05) is 11.1 Å². The molecule has 0 fully saturated rings. The fourth-order valence-electron chi connectivity index (χ4n) is 1.73. The van der Waals surface area contributed by atoms with E-state index in [-0.39, 0.29) is 5.91 Å². The highest BCUT2D eigenvalue weighted by molar-refractivity contribution is 6.04. The molecule has 0 bridgehead atoms. The number of nitrogens with two attached hydrogens (primary N) is 1. The van der Waals surface area contributed by atoms with Gasteiger partial charge in [0, 0.05) is 16.9 Å². The Bertz CT molecular complexity index is 571. The Hall–Kier alpha value is -2.55. The summed E-state index contributed by atoms with van der Waals surface area (Å²) in [5.41, 5.74) is 8.76. The molecule has 3 nitrogen and oxygen atoms in total. The normalized spacial score (nSPS) is 9.89. The minimum Gasteiger partial charge on any atom is -0.399 e. The fraction of sp³-hybridized carbons (Fsp3) is 0.0625. The van der Waals surface area contributed by atoms with Crippen LogP contribution in [0.15, 0.2) is 61.2 Å². The largest absolute Gasteiger partial charge is 0.399 e. The van der Waals surface area contributed by atoms with Gasteiger partial charge in [-0.1, -0.05) is 18.2 Å². The quantitative estimate of drug-likeness (QED) is 0.648. The van der Waals surface area contributed by atoms with Crippen LogP contribution in [0.2, 0.25) is 0 Å². The van der Waals surface area contributed by atoms with Crippen molar-refractivity contribution in [2.45, 2.75) is 6.42 Å². The number of nitrogen functional groups attached to an aromatic ring is 1. The van der Waals surface area contributed by atoms with E-state index in [1.807, 2.05) is 30.3 Å². The molecule has 19 heavy (non-hydrogen) atoms. The number of rotatable bonds is 4. The second kappa shape index (κ2) is 5.87. The zero-order chi connectivity index (χ0) is 13.7. The molecule has 0 saturated heterocycles. The Morgan fingerprint density at radius 2 is 1.74 bits per heavy atom. The summed E-state index contributed by atoms with van der Waals surface area (Å²) >= 11 is 0. The number of hydrogen-bond donors (Lipinski definition) is 2. The van der Waals surface area contributed by atoms with Crippen molar-refractivity contribution in [3.63, 3.8) is 0 Å². The standard InChI is InChI=1S/C16H16N2O/c1-2-3-12-4-10-15(11-5-12)18-16(19)13-6-8-14(17)9-7-13/h2,4-11H,1,3,17H2,(H,18,19). The van der Waals surface area contributed by atoms with Crippen LogP contribution < -0.4 is 11.1 Å². The number of hydrogen-bond acceptors (Lipinski definition) is 2. The van der Waals surface area contributed by atoms with Gasteiger partial charge in [-0.05, 0) is 48.4 Å². The van der Waals surface area contributed by atoms with Gasteiger partial charge in [0.05, 0.1) is 0 Å². The lowest BCUT2D eigenvalue weighted by molar-refractivity contribution is 0.102. The molecule has 0 atom stereocenters. The average molecular weight is 252 g/mol. The Morgan fingerprint density at radius 3 is 2.32 bits per heavy atom. The first-order chi connectivity index (χ1) is 9.19. The molecule has 0 heterocycles. The maximum absolute atomic E-state index is 12.0. The monoisotopic (exact) mass is 252 g/mol. The van der Waals surface area contributed by atoms with Crippen molar-refractivity contribution < 1.29 is 4.79 Å². The first-order valence-electron chi connectivity index (χ1n) is 6.06. The zero-order valence-corrected chi connectivity index (χ0v) is 10.6. The van der Waals surface area contributed by atoms with E-state index in [4.69, 9.17) is 5.73 Å². The molecule has 0 spiro atoms. The average Bonchev–Trinajstić information content (AvgIpc) is 2.42. The number of nitrogens with one attached hydrogen (secondary N) is 1. The van der Waals surface area contributed by atoms with E-state index in [2.05, 4.69) is 11.9 Å². The van der Waals surface area contributed by atoms with Gasteiger partial charge in [-0.3, -0.25) is 4.79 Å². The van der Waals surface area contributed by atoms with Crippen LogP contribution in [0.4, 0.5) is 11.4 Å². The molecule has 2 aromatic carbocycles. The van der Waals surface area contributed by atoms with Crippen molar-refractivity contribution in [3.05, 3.63) is 72.3 Å². The Kier molecular flexibility index (Phi) is 3.98. The van der Waals surface area contributed by atoms with Crippen molar-refractivity contribution in [2.24, 2.45) is 0 Å². The summed E-state index contributed by atoms with van der Waals surface area (Å²) in [4.78, 5) is 12.0. The predicted molar refractivity (Wildman–Crippen MR) is 79.2 cm³/mol. The molecule has 1 amide bonds. The maximum Gasteiger partial charge on any atom is 0.255 e. The maximum atomic E-state index is 12.0. The second-order valence-electron chi connectivity index (χ2n) is 4.27. The smallest absolute Gasteiger partial charge is 0.255 e. The minimum atomic E-state index is -0.142. The lowest BCUT2D eigenvalue weighted by atomic mass is 10.1. The topological polar surface area (TPSA) is 55.1 Å². The minimum absolute atomic E-state index is 0.142. The number of carbonyl (C=O) groups is 1. The summed E-state index contributed by atoms with van der Waals surface area (Å²) in [6.45, 7) is 3.69. The molecular formula is C16H16N2O. The lowest BCUT2D eigenvalue weighted by Crippen LogP contribution is -2.11. The molecule has 0 saturated carbocycles. The molecule has 0 radical (unpaired) electrons. The van der Waals surface area contributed by atoms with Gasteiger partial charge < -0.3 is 11.1 Å². The molecule has 0 aliphatic carbocycles. The molecule has 0 aliphatic rings. The predicted octanol–water partition coefficient (Wildman–Crippen LogP) is 3.25. The Morgan fingerprint density at radius 1 is 1.11 bits per heavy atom. The van der Waals surface area contributed by atoms with Gasteiger partial charge in [0.25, 0.3) is 5.91 Å². The van der Waals surface area contributed by atoms with Crippen LogP contribution in [0.25, 0.3) is 0 Å². The van der Waals surface area contributed by atoms with E-state index in [0.717, 1.165) is 12.1 Å². The van der Waals surface area contributed by atoms with Crippen LogP contribution in [0.3, 0.4) is 0 Å². The molecule has 3 heteroatoms. The van der Waals surface area contributed by atoms with Crippen molar-refractivity contribution >= 4 is 17.3 Å². The van der Waals surface area contributed by atoms with E-state index in [1.165, 1.54) is 5.56 Å². The van der Waals surface area contributed by atoms with Gasteiger partial charge in [-0.2, -0.15) is 0 Å². The van der Waals surface area contributed by atoms with Gasteiger partial charge >= 0.3 is 0 Å². The third kappa shape index (κ3) is 3.45. The number of allylic oxidation sites excluding steroid dienone is 1. The van der Waals surface area contributed by atoms with Gasteiger partial charge in [0.1, 0.15) is 0 Å². The van der Waals surface area contributed by atoms with Gasteiger partial charge in [0.2, 0.25) is 0 Å². The fourth-order valence-corrected chi connectivity index (χ4v) is 1.73. The summed E-state index contributed by atoms with van der Waals surface area (Å²) in [5, 5.41) is 2.84. The van der Waals surface area contributed by atoms with Crippen LogP contribution in [-0.4, -0.2) is 5.91 Å². The SMILES string of the molecule is C=CCc1ccc(NC(=O)c2ccc(N)cc2)cc1. The highest BCUT2D eigenvalue weighted by atomic mass is 16.1. The van der Waals surface area contributed by atoms with Gasteiger partial charge in [-0.15, -0.1) is 6.58 Å². The molecular weight excluding hydrogens is 236 g/mol. The molecule has 0 unspecified atom stereocenters. The number of amides is 1. The highest BCUT2D eigenvalue weighted by Gasteiger charge is 2.05. The van der Waals surface area contributed by atoms with Crippen molar-refractivity contribution in [3.8, 4) is 0 Å². The molecule has 96 valence electrons. The molecule has 3 N–H and O–H groups in total. The molecule has 2 rings (SSSR count). The van der Waals surface area contributed by atoms with E-state index >= 15 is 0 Å². The van der Waals surface area contributed by atoms with Crippen LogP contribution in [0.1, 0.15) is 15.9 Å². The highest BCUT2D eigenvalue weighted by Crippen LogP contribution is 2.13. The first kappa shape index (κ1) is 12.9. The zero-order valence-electron chi connectivity index (χ0n) is 10.6. The number of anilines is 2. The summed E-state index contributed by atoms with van der Waals surface area (Å²) in [6, 6.07) is 14.5. The van der Waals surface area contributed by atoms with E-state index < -0.39 is 0 Å². The molecule has 0 aliphatic heterocycles. The summed E-state index contributed by atoms with van der Waals surface area (Å²) in [7, 11) is 0. The van der Waals surface area contributed by atoms with Crippen LogP contribution in [0, 0.1) is 0 Å². The second-order valence-corrected chi connectivity index (χ2v) is 4.27. The van der Waals surface area contributed by atoms with Crippen LogP contribution in [0.5, 0.6) is 0 Å². The molecule has 0 aromatic heterocycles. The lowest BCUT2D eigenvalue weighted by Gasteiger charge is -2.06. The molecule has 2 aromatic rings. The summed E-state index contributed by atoms with van der Waals surface area (Å²) in [6.07, 6.45) is 2.67. The first-order valence-corrected chi connectivity index (χ1v) is 6.06. The summed E-state index contributed by atoms with van der Waals surface area (Å²) in [5.74, 6) is -0.142. The van der Waals surface area contributed by atoms with Crippen LogP contribution in [-0.2, 0) is 6.42 Å². The number of benzene rings is 2. The summed E-state index contributed by atoms with van der Waals surface area (Å²) < 4.78 is 0. The third-order valence-electron chi connectivity index (χ3n) is 2.76. The van der Waals surface area contributed by atoms with Crippen molar-refractivity contribution in [1.82, 2.24) is 0 Å². The van der Waals surface area contributed by atoms with Crippen LogP contribution >= 0.6 is 0 Å². The van der Waals surface area contributed by atoms with E-state index in [1.54, 1.807) is 24.3 Å². The number of carbonyl (C=O) groups excluding carboxylic acids is 1. The van der Waals surface area contributed by atoms with E-state index in [9.17, 15) is 4.79 Å². The third-order valence-corrected chi connectivity index (χ3v) is 2.76. The van der Waals surface area contributed by atoms with Gasteiger partial charge in [0.15, 0.2) is 0 Å². The van der Waals surface area contributed by atoms with Crippen molar-refractivity contribution in [1.29, 1.82) is 0 Å². The van der Waals surface area contributed by atoms with Gasteiger partial charge in [-0.25, -0.2) is 0 Å².